The molecule has 3 atom stereocenters. The van der Waals surface area contributed by atoms with E-state index in [0.717, 1.165) is 25.9 Å². The van der Waals surface area contributed by atoms with Crippen molar-refractivity contribution < 1.29 is 19.0 Å². The molecule has 4 nitrogen and oxygen atoms in total. The molecule has 0 amide bonds. The lowest BCUT2D eigenvalue weighted by molar-refractivity contribution is -0.165. The van der Waals surface area contributed by atoms with E-state index in [0.29, 0.717) is 35.5 Å². The molecule has 148 valence electrons. The lowest BCUT2D eigenvalue weighted by Gasteiger charge is -2.36. The highest BCUT2D eigenvalue weighted by Crippen LogP contribution is 2.42. The van der Waals surface area contributed by atoms with E-state index in [2.05, 4.69) is 11.9 Å². The normalized spacial score (nSPS) is 26.6. The van der Waals surface area contributed by atoms with Crippen LogP contribution >= 0.6 is 0 Å². The van der Waals surface area contributed by atoms with Gasteiger partial charge in [0, 0.05) is 19.0 Å². The molecule has 1 N–H and O–H groups in total. The van der Waals surface area contributed by atoms with Crippen LogP contribution in [0.5, 0.6) is 0 Å². The van der Waals surface area contributed by atoms with Crippen LogP contribution in [-0.4, -0.2) is 42.7 Å². The van der Waals surface area contributed by atoms with E-state index < -0.39 is 17.4 Å². The van der Waals surface area contributed by atoms with Gasteiger partial charge in [-0.2, -0.15) is 0 Å². The van der Waals surface area contributed by atoms with E-state index in [1.807, 2.05) is 6.07 Å². The van der Waals surface area contributed by atoms with Crippen LogP contribution in [0.2, 0.25) is 0 Å². The Bertz CT molecular complexity index is 812. The maximum absolute atomic E-state index is 13.4. The fraction of sp³-hybridized carbons (Fsp3) is 0.435. The Hall–Kier alpha value is -2.24. The number of likely N-dealkylation sites (tertiary alicyclic amines) is 1. The van der Waals surface area contributed by atoms with Crippen molar-refractivity contribution in [1.29, 1.82) is 0 Å². The quantitative estimate of drug-likeness (QED) is 0.806. The number of hydrogen-bond donors (Lipinski definition) is 1. The van der Waals surface area contributed by atoms with Gasteiger partial charge in [0.25, 0.3) is 0 Å². The second-order valence-electron chi connectivity index (χ2n) is 8.16. The van der Waals surface area contributed by atoms with Crippen molar-refractivity contribution in [2.45, 2.75) is 18.4 Å². The first-order valence-electron chi connectivity index (χ1n) is 9.88. The molecule has 1 saturated heterocycles. The summed E-state index contributed by atoms with van der Waals surface area (Å²) in [6, 6.07) is 14.1. The summed E-state index contributed by atoms with van der Waals surface area (Å²) < 4.78 is 19.1. The molecule has 1 aliphatic heterocycles. The summed E-state index contributed by atoms with van der Waals surface area (Å²) in [5.41, 5.74) is -1.24. The standard InChI is InChI=1S/C23H26FNO3/c1-25-13-16-7-8-17(14-25)21(16)15-28-22(26)23(27,18-5-3-2-4-6-18)19-9-11-20(24)12-10-19/h2-6,9-12,16-17,21,27H,7-8,13-15H2,1H3. The molecule has 2 fully saturated rings. The molecule has 1 heterocycles. The summed E-state index contributed by atoms with van der Waals surface area (Å²) in [5.74, 6) is 0.284. The maximum atomic E-state index is 13.4. The number of carbonyl (C=O) groups excluding carboxylic acids is 1. The predicted octanol–water partition coefficient (Wildman–Crippen LogP) is 3.19. The molecular weight excluding hydrogens is 357 g/mol. The third-order valence-electron chi connectivity index (χ3n) is 6.37. The van der Waals surface area contributed by atoms with Crippen molar-refractivity contribution in [2.75, 3.05) is 26.7 Å². The van der Waals surface area contributed by atoms with Crippen LogP contribution in [0, 0.1) is 23.6 Å². The highest BCUT2D eigenvalue weighted by molar-refractivity contribution is 5.85. The van der Waals surface area contributed by atoms with Gasteiger partial charge in [-0.1, -0.05) is 42.5 Å². The van der Waals surface area contributed by atoms with Crippen LogP contribution < -0.4 is 0 Å². The molecule has 5 heteroatoms. The van der Waals surface area contributed by atoms with Gasteiger partial charge in [-0.15, -0.1) is 0 Å². The number of fused-ring (bicyclic) bond motifs is 2. The van der Waals surface area contributed by atoms with E-state index in [1.54, 1.807) is 24.3 Å². The monoisotopic (exact) mass is 383 g/mol. The van der Waals surface area contributed by atoms with Crippen LogP contribution in [-0.2, 0) is 15.1 Å². The number of rotatable bonds is 5. The van der Waals surface area contributed by atoms with E-state index in [4.69, 9.17) is 4.74 Å². The number of benzene rings is 2. The van der Waals surface area contributed by atoms with E-state index in [-0.39, 0.29) is 0 Å². The summed E-state index contributed by atoms with van der Waals surface area (Å²) in [6.07, 6.45) is 2.33. The number of esters is 1. The van der Waals surface area contributed by atoms with Crippen LogP contribution in [0.4, 0.5) is 4.39 Å². The lowest BCUT2D eigenvalue weighted by atomic mass is 9.85. The molecule has 2 aromatic carbocycles. The van der Waals surface area contributed by atoms with Crippen molar-refractivity contribution in [3.05, 3.63) is 71.5 Å². The van der Waals surface area contributed by atoms with Crippen LogP contribution in [0.15, 0.2) is 54.6 Å². The van der Waals surface area contributed by atoms with Gasteiger partial charge in [-0.3, -0.25) is 0 Å². The maximum Gasteiger partial charge on any atom is 0.347 e. The van der Waals surface area contributed by atoms with Gasteiger partial charge < -0.3 is 14.7 Å². The van der Waals surface area contributed by atoms with E-state index in [1.165, 1.54) is 24.3 Å². The average Bonchev–Trinajstić information content (AvgIpc) is 2.95. The highest BCUT2D eigenvalue weighted by atomic mass is 19.1. The predicted molar refractivity (Wildman–Crippen MR) is 104 cm³/mol. The van der Waals surface area contributed by atoms with Crippen molar-refractivity contribution in [3.63, 3.8) is 0 Å². The Kier molecular flexibility index (Phi) is 5.21. The summed E-state index contributed by atoms with van der Waals surface area (Å²) in [7, 11) is 2.14. The zero-order valence-corrected chi connectivity index (χ0v) is 16.1. The molecule has 3 unspecified atom stereocenters. The Morgan fingerprint density at radius 1 is 1.07 bits per heavy atom. The Morgan fingerprint density at radius 3 is 2.25 bits per heavy atom. The number of aliphatic hydroxyl groups is 1. The number of ether oxygens (including phenoxy) is 1. The summed E-state index contributed by atoms with van der Waals surface area (Å²) in [6.45, 7) is 2.37. The van der Waals surface area contributed by atoms with Gasteiger partial charge in [0.2, 0.25) is 5.60 Å². The first-order chi connectivity index (χ1) is 13.5. The molecule has 1 aliphatic carbocycles. The molecular formula is C23H26FNO3. The third-order valence-corrected chi connectivity index (χ3v) is 6.37. The van der Waals surface area contributed by atoms with Crippen LogP contribution in [0.25, 0.3) is 0 Å². The summed E-state index contributed by atoms with van der Waals surface area (Å²) in [4.78, 5) is 15.5. The topological polar surface area (TPSA) is 49.8 Å². The molecule has 0 spiro atoms. The van der Waals surface area contributed by atoms with E-state index >= 15 is 0 Å². The van der Waals surface area contributed by atoms with E-state index in [9.17, 15) is 14.3 Å². The van der Waals surface area contributed by atoms with Crippen LogP contribution in [0.1, 0.15) is 24.0 Å². The van der Waals surface area contributed by atoms with Gasteiger partial charge in [0.15, 0.2) is 0 Å². The average molecular weight is 383 g/mol. The smallest absolute Gasteiger partial charge is 0.347 e. The minimum Gasteiger partial charge on any atom is -0.463 e. The zero-order valence-electron chi connectivity index (χ0n) is 16.1. The minimum atomic E-state index is -1.96. The minimum absolute atomic E-state index is 0.302. The van der Waals surface area contributed by atoms with Crippen molar-refractivity contribution in [3.8, 4) is 0 Å². The van der Waals surface area contributed by atoms with Gasteiger partial charge in [-0.25, -0.2) is 9.18 Å². The molecule has 4 rings (SSSR count). The second kappa shape index (κ2) is 7.64. The number of halogens is 1. The van der Waals surface area contributed by atoms with Gasteiger partial charge >= 0.3 is 5.97 Å². The first-order valence-corrected chi connectivity index (χ1v) is 9.88. The molecule has 2 aromatic rings. The largest absolute Gasteiger partial charge is 0.463 e. The number of piperidine rings is 1. The van der Waals surface area contributed by atoms with Gasteiger partial charge in [-0.05, 0) is 55.0 Å². The number of carbonyl (C=O) groups is 1. The Labute approximate surface area is 164 Å². The lowest BCUT2D eigenvalue weighted by Crippen LogP contribution is -2.44. The van der Waals surface area contributed by atoms with Gasteiger partial charge in [0.05, 0.1) is 6.61 Å². The highest BCUT2D eigenvalue weighted by Gasteiger charge is 2.45. The Balaban J connectivity index is 1.57. The fourth-order valence-electron chi connectivity index (χ4n) is 4.89. The fourth-order valence-corrected chi connectivity index (χ4v) is 4.89. The summed E-state index contributed by atoms with van der Waals surface area (Å²) in [5, 5.41) is 11.4. The molecule has 2 bridgehead atoms. The third kappa shape index (κ3) is 3.45. The molecule has 28 heavy (non-hydrogen) atoms. The molecule has 0 radical (unpaired) electrons. The Morgan fingerprint density at radius 2 is 1.64 bits per heavy atom. The molecule has 1 saturated carbocycles. The van der Waals surface area contributed by atoms with Crippen molar-refractivity contribution >= 4 is 5.97 Å². The molecule has 2 aliphatic rings. The summed E-state index contributed by atoms with van der Waals surface area (Å²) >= 11 is 0. The first kappa shape index (κ1) is 19.1. The number of nitrogens with zero attached hydrogens (tertiary/aromatic N) is 1. The second-order valence-corrected chi connectivity index (χ2v) is 8.16. The van der Waals surface area contributed by atoms with Crippen molar-refractivity contribution in [2.24, 2.45) is 17.8 Å². The number of hydrogen-bond acceptors (Lipinski definition) is 4. The molecule has 0 aromatic heterocycles. The van der Waals surface area contributed by atoms with Crippen molar-refractivity contribution in [1.82, 2.24) is 4.90 Å². The zero-order chi connectivity index (χ0) is 19.7. The van der Waals surface area contributed by atoms with Gasteiger partial charge in [0.1, 0.15) is 5.82 Å². The van der Waals surface area contributed by atoms with Crippen LogP contribution in [0.3, 0.4) is 0 Å². The SMILES string of the molecule is CN1CC2CCC(C1)C2COC(=O)C(O)(c1ccccc1)c1ccc(F)cc1.